The zero-order chi connectivity index (χ0) is 20.1. The minimum atomic E-state index is -0.233. The fourth-order valence-electron chi connectivity index (χ4n) is 3.27. The molecule has 0 aliphatic heterocycles. The van der Waals surface area contributed by atoms with E-state index in [4.69, 9.17) is 16.0 Å². The van der Waals surface area contributed by atoms with Crippen molar-refractivity contribution in [3.63, 3.8) is 0 Å². The third-order valence-electron chi connectivity index (χ3n) is 5.00. The standard InChI is InChI=1S/C23H24ClN3O2/c24-20-9-5-4-8-19(20)14-27(13-18-10-11-18)15-22-26-21(16-29-22)23(28)25-12-17-6-2-1-3-7-17/h1-9,16,18H,10-15H2,(H,25,28). The lowest BCUT2D eigenvalue weighted by molar-refractivity contribution is 0.0945. The molecule has 3 aromatic rings. The molecule has 0 atom stereocenters. The van der Waals surface area contributed by atoms with Gasteiger partial charge in [-0.25, -0.2) is 4.98 Å². The molecule has 1 heterocycles. The van der Waals surface area contributed by atoms with Gasteiger partial charge >= 0.3 is 0 Å². The third-order valence-corrected chi connectivity index (χ3v) is 5.37. The van der Waals surface area contributed by atoms with E-state index in [2.05, 4.69) is 15.2 Å². The largest absolute Gasteiger partial charge is 0.447 e. The van der Waals surface area contributed by atoms with E-state index in [1.165, 1.54) is 19.1 Å². The molecule has 1 saturated carbocycles. The monoisotopic (exact) mass is 409 g/mol. The molecule has 1 N–H and O–H groups in total. The summed E-state index contributed by atoms with van der Waals surface area (Å²) in [5, 5.41) is 3.64. The summed E-state index contributed by atoms with van der Waals surface area (Å²) in [5.41, 5.74) is 2.43. The molecule has 0 bridgehead atoms. The minimum Gasteiger partial charge on any atom is -0.447 e. The quantitative estimate of drug-likeness (QED) is 0.558. The third kappa shape index (κ3) is 5.68. The molecule has 29 heavy (non-hydrogen) atoms. The van der Waals surface area contributed by atoms with Crippen LogP contribution in [0, 0.1) is 5.92 Å². The molecule has 2 aromatic carbocycles. The number of aromatic nitrogens is 1. The maximum absolute atomic E-state index is 12.4. The van der Waals surface area contributed by atoms with E-state index in [9.17, 15) is 4.79 Å². The summed E-state index contributed by atoms with van der Waals surface area (Å²) in [7, 11) is 0. The van der Waals surface area contributed by atoms with Crippen molar-refractivity contribution in [3.8, 4) is 0 Å². The predicted molar refractivity (Wildman–Crippen MR) is 112 cm³/mol. The van der Waals surface area contributed by atoms with E-state index in [1.54, 1.807) is 0 Å². The number of rotatable bonds is 9. The summed E-state index contributed by atoms with van der Waals surface area (Å²) >= 11 is 6.34. The zero-order valence-electron chi connectivity index (χ0n) is 16.2. The Labute approximate surface area is 175 Å². The van der Waals surface area contributed by atoms with Gasteiger partial charge in [-0.2, -0.15) is 0 Å². The van der Waals surface area contributed by atoms with Crippen LogP contribution < -0.4 is 5.32 Å². The van der Waals surface area contributed by atoms with Gasteiger partial charge in [-0.15, -0.1) is 0 Å². The number of carbonyl (C=O) groups excluding carboxylic acids is 1. The van der Waals surface area contributed by atoms with Gasteiger partial charge in [0.2, 0.25) is 5.89 Å². The number of halogens is 1. The van der Waals surface area contributed by atoms with Crippen LogP contribution in [0.1, 0.15) is 40.3 Å². The number of carbonyl (C=O) groups is 1. The van der Waals surface area contributed by atoms with Crippen molar-refractivity contribution in [2.24, 2.45) is 5.92 Å². The second-order valence-corrected chi connectivity index (χ2v) is 7.91. The van der Waals surface area contributed by atoms with Crippen molar-refractivity contribution in [2.75, 3.05) is 6.54 Å². The van der Waals surface area contributed by atoms with Crippen LogP contribution in [-0.4, -0.2) is 22.3 Å². The molecule has 1 aliphatic carbocycles. The maximum atomic E-state index is 12.4. The Hall–Kier alpha value is -2.63. The smallest absolute Gasteiger partial charge is 0.273 e. The van der Waals surface area contributed by atoms with Crippen LogP contribution in [0.2, 0.25) is 5.02 Å². The fourth-order valence-corrected chi connectivity index (χ4v) is 3.46. The van der Waals surface area contributed by atoms with Gasteiger partial charge in [-0.3, -0.25) is 9.69 Å². The second-order valence-electron chi connectivity index (χ2n) is 7.50. The highest BCUT2D eigenvalue weighted by atomic mass is 35.5. The number of amides is 1. The van der Waals surface area contributed by atoms with Crippen molar-refractivity contribution in [2.45, 2.75) is 32.5 Å². The Bertz CT molecular complexity index is 954. The molecule has 1 fully saturated rings. The molecule has 4 rings (SSSR count). The molecule has 1 aliphatic rings. The Morgan fingerprint density at radius 2 is 1.86 bits per heavy atom. The molecule has 0 spiro atoms. The molecular weight excluding hydrogens is 386 g/mol. The Morgan fingerprint density at radius 1 is 1.10 bits per heavy atom. The van der Waals surface area contributed by atoms with Crippen molar-refractivity contribution in [1.29, 1.82) is 0 Å². The highest BCUT2D eigenvalue weighted by molar-refractivity contribution is 6.31. The molecule has 0 radical (unpaired) electrons. The molecule has 5 nitrogen and oxygen atoms in total. The van der Waals surface area contributed by atoms with Crippen LogP contribution in [0.4, 0.5) is 0 Å². The Morgan fingerprint density at radius 3 is 2.62 bits per heavy atom. The summed E-state index contributed by atoms with van der Waals surface area (Å²) < 4.78 is 5.59. The first-order valence-corrected chi connectivity index (χ1v) is 10.3. The number of benzene rings is 2. The minimum absolute atomic E-state index is 0.233. The van der Waals surface area contributed by atoms with Gasteiger partial charge in [0.25, 0.3) is 5.91 Å². The van der Waals surface area contributed by atoms with E-state index in [1.807, 2.05) is 54.6 Å². The topological polar surface area (TPSA) is 58.4 Å². The number of hydrogen-bond acceptors (Lipinski definition) is 4. The van der Waals surface area contributed by atoms with Crippen molar-refractivity contribution >= 4 is 17.5 Å². The number of nitrogens with one attached hydrogen (secondary N) is 1. The first-order valence-electron chi connectivity index (χ1n) is 9.89. The van der Waals surface area contributed by atoms with Gasteiger partial charge in [0, 0.05) is 24.7 Å². The van der Waals surface area contributed by atoms with Crippen molar-refractivity contribution < 1.29 is 9.21 Å². The van der Waals surface area contributed by atoms with Gasteiger partial charge in [0.1, 0.15) is 6.26 Å². The average molecular weight is 410 g/mol. The van der Waals surface area contributed by atoms with Gasteiger partial charge < -0.3 is 9.73 Å². The lowest BCUT2D eigenvalue weighted by Crippen LogP contribution is -2.26. The van der Waals surface area contributed by atoms with E-state index < -0.39 is 0 Å². The molecule has 0 unspecified atom stereocenters. The van der Waals surface area contributed by atoms with Gasteiger partial charge in [-0.05, 0) is 36.0 Å². The van der Waals surface area contributed by atoms with Crippen molar-refractivity contribution in [3.05, 3.63) is 88.6 Å². The summed E-state index contributed by atoms with van der Waals surface area (Å²) in [5.74, 6) is 1.03. The van der Waals surface area contributed by atoms with Crippen LogP contribution in [0.5, 0.6) is 0 Å². The number of hydrogen-bond donors (Lipinski definition) is 1. The first-order chi connectivity index (χ1) is 14.2. The zero-order valence-corrected chi connectivity index (χ0v) is 16.9. The van der Waals surface area contributed by atoms with Crippen LogP contribution in [0.3, 0.4) is 0 Å². The highest BCUT2D eigenvalue weighted by Crippen LogP contribution is 2.31. The molecular formula is C23H24ClN3O2. The predicted octanol–water partition coefficient (Wildman–Crippen LogP) is 4.67. The van der Waals surface area contributed by atoms with Gasteiger partial charge in [0.15, 0.2) is 5.69 Å². The average Bonchev–Trinajstić information content (AvgIpc) is 3.43. The Balaban J connectivity index is 1.37. The Kier molecular flexibility index (Phi) is 6.27. The van der Waals surface area contributed by atoms with Crippen LogP contribution in [-0.2, 0) is 19.6 Å². The van der Waals surface area contributed by atoms with E-state index in [-0.39, 0.29) is 5.91 Å². The van der Waals surface area contributed by atoms with E-state index >= 15 is 0 Å². The second kappa shape index (κ2) is 9.25. The summed E-state index contributed by atoms with van der Waals surface area (Å²) in [6.07, 6.45) is 3.95. The molecule has 6 heteroatoms. The molecule has 0 saturated heterocycles. The van der Waals surface area contributed by atoms with Crippen molar-refractivity contribution in [1.82, 2.24) is 15.2 Å². The summed E-state index contributed by atoms with van der Waals surface area (Å²) in [6, 6.07) is 17.7. The first kappa shape index (κ1) is 19.7. The van der Waals surface area contributed by atoms with Crippen LogP contribution in [0.15, 0.2) is 65.3 Å². The summed E-state index contributed by atoms with van der Waals surface area (Å²) in [6.45, 7) is 2.72. The van der Waals surface area contributed by atoms with Crippen LogP contribution in [0.25, 0.3) is 0 Å². The maximum Gasteiger partial charge on any atom is 0.273 e. The van der Waals surface area contributed by atoms with E-state index in [0.29, 0.717) is 24.7 Å². The molecule has 1 aromatic heterocycles. The normalized spacial score (nSPS) is 13.6. The lowest BCUT2D eigenvalue weighted by atomic mass is 10.2. The highest BCUT2D eigenvalue weighted by Gasteiger charge is 2.26. The van der Waals surface area contributed by atoms with E-state index in [0.717, 1.165) is 35.2 Å². The van der Waals surface area contributed by atoms with Crippen LogP contribution >= 0.6 is 11.6 Å². The van der Waals surface area contributed by atoms with Gasteiger partial charge in [-0.1, -0.05) is 60.1 Å². The SMILES string of the molecule is O=C(NCc1ccccc1)c1coc(CN(Cc2ccccc2Cl)CC2CC2)n1. The number of nitrogens with zero attached hydrogens (tertiary/aromatic N) is 2. The fraction of sp³-hybridized carbons (Fsp3) is 0.304. The molecule has 1 amide bonds. The lowest BCUT2D eigenvalue weighted by Gasteiger charge is -2.21. The molecule has 150 valence electrons. The van der Waals surface area contributed by atoms with Gasteiger partial charge in [0.05, 0.1) is 6.54 Å². The number of oxazole rings is 1. The summed E-state index contributed by atoms with van der Waals surface area (Å²) in [4.78, 5) is 19.1.